The van der Waals surface area contributed by atoms with Crippen molar-refractivity contribution in [2.75, 3.05) is 18.6 Å². The normalized spacial score (nSPS) is 23.5. The first-order valence-electron chi connectivity index (χ1n) is 9.22. The van der Waals surface area contributed by atoms with Crippen LogP contribution in [0.3, 0.4) is 0 Å². The van der Waals surface area contributed by atoms with Gasteiger partial charge in [0, 0.05) is 30.5 Å². The van der Waals surface area contributed by atoms with Crippen molar-refractivity contribution in [3.63, 3.8) is 0 Å². The van der Waals surface area contributed by atoms with Crippen molar-refractivity contribution in [2.45, 2.75) is 22.3 Å². The van der Waals surface area contributed by atoms with Crippen molar-refractivity contribution in [1.29, 1.82) is 0 Å². The first-order chi connectivity index (χ1) is 15.3. The number of aryl methyl sites for hydroxylation is 1. The molecule has 15 heteroatoms. The van der Waals surface area contributed by atoms with Gasteiger partial charge >= 0.3 is 5.97 Å². The molecule has 2 aliphatic rings. The zero-order valence-corrected chi connectivity index (χ0v) is 19.4. The molecular formula is C17H19N7O5S3. The molecule has 4 heterocycles. The van der Waals surface area contributed by atoms with E-state index in [2.05, 4.69) is 20.8 Å². The lowest BCUT2D eigenvalue weighted by Gasteiger charge is -2.56. The van der Waals surface area contributed by atoms with Crippen LogP contribution in [0, 0.1) is 0 Å². The van der Waals surface area contributed by atoms with Gasteiger partial charge in [-0.1, -0.05) is 17.8 Å². The number of rotatable bonds is 8. The lowest BCUT2D eigenvalue weighted by atomic mass is 9.97. The van der Waals surface area contributed by atoms with Crippen LogP contribution in [-0.2, 0) is 26.2 Å². The zero-order valence-electron chi connectivity index (χ0n) is 16.9. The molecule has 0 bridgehead atoms. The number of β-lactam (4-membered cyclic amide) rings is 1. The van der Waals surface area contributed by atoms with E-state index >= 15 is 0 Å². The van der Waals surface area contributed by atoms with E-state index in [1.807, 2.05) is 0 Å². The molecular weight excluding hydrogens is 478 g/mol. The van der Waals surface area contributed by atoms with Gasteiger partial charge in [-0.2, -0.15) is 0 Å². The Bertz CT molecular complexity index is 1090. The predicted octanol–water partition coefficient (Wildman–Crippen LogP) is -0.224. The van der Waals surface area contributed by atoms with Crippen molar-refractivity contribution < 1.29 is 24.2 Å². The van der Waals surface area contributed by atoms with E-state index in [1.54, 1.807) is 24.6 Å². The Balaban J connectivity index is 1.55. The van der Waals surface area contributed by atoms with E-state index in [0.29, 0.717) is 21.4 Å². The smallest absolute Gasteiger partial charge is 0.352 e. The minimum absolute atomic E-state index is 0.120. The fraction of sp³-hybridized carbons (Fsp3) is 0.412. The van der Waals surface area contributed by atoms with Crippen molar-refractivity contribution in [2.24, 2.45) is 12.8 Å². The van der Waals surface area contributed by atoms with Crippen molar-refractivity contribution in [1.82, 2.24) is 30.4 Å². The van der Waals surface area contributed by atoms with Crippen LogP contribution in [0.4, 0.5) is 0 Å². The average Bonchev–Trinajstić information content (AvgIpc) is 3.46. The third-order valence-corrected chi connectivity index (χ3v) is 8.46. The molecule has 2 amide bonds. The van der Waals surface area contributed by atoms with Crippen molar-refractivity contribution >= 4 is 52.6 Å². The molecule has 32 heavy (non-hydrogen) atoms. The highest BCUT2D eigenvalue weighted by molar-refractivity contribution is 8.01. The Kier molecular flexibility index (Phi) is 6.26. The van der Waals surface area contributed by atoms with Crippen molar-refractivity contribution in [3.05, 3.63) is 33.7 Å². The Morgan fingerprint density at radius 1 is 1.53 bits per heavy atom. The zero-order chi connectivity index (χ0) is 23.0. The number of aromatic nitrogens is 4. The van der Waals surface area contributed by atoms with Crippen molar-refractivity contribution in [3.8, 4) is 0 Å². The number of carbonyl (C=O) groups excluding carboxylic acids is 2. The fourth-order valence-corrected chi connectivity index (χ4v) is 6.56. The number of ether oxygens (including phenoxy) is 1. The van der Waals surface area contributed by atoms with Gasteiger partial charge in [0.25, 0.3) is 11.6 Å². The van der Waals surface area contributed by atoms with Crippen LogP contribution in [0.2, 0.25) is 0 Å². The highest BCUT2D eigenvalue weighted by atomic mass is 32.2. The number of aliphatic carboxylic acids is 1. The summed E-state index contributed by atoms with van der Waals surface area (Å²) in [6, 6.07) is 2.52. The number of thioether (sulfide) groups is 2. The highest BCUT2D eigenvalue weighted by Crippen LogP contribution is 2.47. The lowest BCUT2D eigenvalue weighted by Crippen LogP contribution is -2.81. The maximum atomic E-state index is 13.1. The number of nitrogens with zero attached hydrogens (tertiary/aromatic N) is 5. The van der Waals surface area contributed by atoms with E-state index in [0.717, 1.165) is 4.90 Å². The summed E-state index contributed by atoms with van der Waals surface area (Å²) in [5.41, 5.74) is 4.76. The monoisotopic (exact) mass is 497 g/mol. The van der Waals surface area contributed by atoms with E-state index in [1.165, 1.54) is 46.7 Å². The van der Waals surface area contributed by atoms with Crippen LogP contribution in [0.1, 0.15) is 10.9 Å². The van der Waals surface area contributed by atoms with Gasteiger partial charge in [-0.3, -0.25) is 14.5 Å². The van der Waals surface area contributed by atoms with E-state index in [4.69, 9.17) is 10.5 Å². The van der Waals surface area contributed by atoms with Gasteiger partial charge < -0.3 is 20.9 Å². The van der Waals surface area contributed by atoms with Gasteiger partial charge in [0.05, 0.1) is 0 Å². The summed E-state index contributed by atoms with van der Waals surface area (Å²) >= 11 is 3.89. The highest BCUT2D eigenvalue weighted by Gasteiger charge is 2.66. The predicted molar refractivity (Wildman–Crippen MR) is 116 cm³/mol. The molecule has 3 atom stereocenters. The molecule has 2 unspecified atom stereocenters. The Morgan fingerprint density at radius 2 is 2.31 bits per heavy atom. The fourth-order valence-electron chi connectivity index (χ4n) is 3.41. The number of hydrogen-bond acceptors (Lipinski definition) is 11. The van der Waals surface area contributed by atoms with Gasteiger partial charge in [0.15, 0.2) is 0 Å². The number of nitrogens with one attached hydrogen (secondary N) is 1. The number of thiophene rings is 1. The number of carboxylic acid groups (broad SMARTS) is 1. The SMILES string of the molecule is CO[C@@]1(NC(=O)C(N)c2cccs2)C(=O)N2C(C(=O)O)=C(CSc3nnnn3C)CSC21. The second kappa shape index (κ2) is 8.82. The molecule has 0 spiro atoms. The first kappa shape index (κ1) is 22.7. The summed E-state index contributed by atoms with van der Waals surface area (Å²) in [6.45, 7) is 0. The molecule has 0 aromatic carbocycles. The van der Waals surface area contributed by atoms with Crippen LogP contribution in [0.25, 0.3) is 0 Å². The van der Waals surface area contributed by atoms with Gasteiger partial charge in [-0.25, -0.2) is 9.48 Å². The average molecular weight is 498 g/mol. The molecule has 1 saturated heterocycles. The first-order valence-corrected chi connectivity index (χ1v) is 12.1. The molecule has 170 valence electrons. The number of amides is 2. The van der Waals surface area contributed by atoms with Crippen LogP contribution < -0.4 is 11.1 Å². The molecule has 2 aromatic heterocycles. The summed E-state index contributed by atoms with van der Waals surface area (Å²) in [7, 11) is 2.97. The number of methoxy groups -OCH3 is 1. The molecule has 4 N–H and O–H groups in total. The maximum Gasteiger partial charge on any atom is 0.352 e. The number of fused-ring (bicyclic) bond motifs is 1. The minimum atomic E-state index is -1.69. The van der Waals surface area contributed by atoms with E-state index in [-0.39, 0.29) is 11.4 Å². The molecule has 4 rings (SSSR count). The quantitative estimate of drug-likeness (QED) is 0.251. The maximum absolute atomic E-state index is 13.1. The third kappa shape index (κ3) is 3.69. The standard InChI is InChI=1S/C17H19N7O5S3/c1-23-16(20-21-22-23)32-7-8-6-31-15-17(29-2,14(28)24(15)11(8)13(26)27)19-12(25)10(18)9-4-3-5-30-9/h3-5,10,15H,6-7,18H2,1-2H3,(H,19,25)(H,26,27)/t10?,15?,17-/m0/s1. The molecule has 1 fully saturated rings. The number of nitrogens with two attached hydrogens (primary N) is 1. The van der Waals surface area contributed by atoms with E-state index < -0.39 is 34.9 Å². The summed E-state index contributed by atoms with van der Waals surface area (Å²) in [5.74, 6) is -1.87. The van der Waals surface area contributed by atoms with Gasteiger partial charge in [0.1, 0.15) is 17.1 Å². The second-order valence-corrected chi connectivity index (χ2v) is 9.88. The Labute approximate surface area is 194 Å². The minimum Gasteiger partial charge on any atom is -0.477 e. The van der Waals surface area contributed by atoms with Gasteiger partial charge in [-0.15, -0.1) is 28.2 Å². The van der Waals surface area contributed by atoms with Crippen LogP contribution in [-0.4, -0.2) is 77.7 Å². The number of hydrogen-bond donors (Lipinski definition) is 3. The molecule has 2 aliphatic heterocycles. The van der Waals surface area contributed by atoms with Gasteiger partial charge in [0.2, 0.25) is 11.1 Å². The Morgan fingerprint density at radius 3 is 2.91 bits per heavy atom. The van der Waals surface area contributed by atoms with Crippen LogP contribution in [0.5, 0.6) is 0 Å². The molecule has 0 saturated carbocycles. The summed E-state index contributed by atoms with van der Waals surface area (Å²) in [4.78, 5) is 39.7. The van der Waals surface area contributed by atoms with E-state index in [9.17, 15) is 19.5 Å². The summed E-state index contributed by atoms with van der Waals surface area (Å²) < 4.78 is 6.92. The second-order valence-electron chi connectivity index (χ2n) is 6.89. The van der Waals surface area contributed by atoms with Gasteiger partial charge in [-0.05, 0) is 27.4 Å². The molecule has 12 nitrogen and oxygen atoms in total. The number of tetrazole rings is 1. The van der Waals surface area contributed by atoms with Crippen LogP contribution >= 0.6 is 34.9 Å². The topological polar surface area (TPSA) is 166 Å². The number of carboxylic acids is 1. The molecule has 0 aliphatic carbocycles. The third-order valence-electron chi connectivity index (χ3n) is 5.03. The summed E-state index contributed by atoms with van der Waals surface area (Å²) in [6.07, 6.45) is 0. The largest absolute Gasteiger partial charge is 0.477 e. The lowest BCUT2D eigenvalue weighted by molar-refractivity contribution is -0.192. The van der Waals surface area contributed by atoms with Crippen LogP contribution in [0.15, 0.2) is 33.9 Å². The Hall–Kier alpha value is -2.46. The summed E-state index contributed by atoms with van der Waals surface area (Å²) in [5, 5.41) is 25.2. The molecule has 2 aromatic rings. The number of carbonyl (C=O) groups is 3. The molecule has 0 radical (unpaired) electrons.